The Morgan fingerprint density at radius 1 is 1.16 bits per heavy atom. The number of aryl methyl sites for hydroxylation is 1. The Bertz CT molecular complexity index is 561. The second kappa shape index (κ2) is 5.25. The van der Waals surface area contributed by atoms with E-state index < -0.39 is 0 Å². The van der Waals surface area contributed by atoms with Crippen molar-refractivity contribution in [2.45, 2.75) is 32.0 Å². The molecule has 19 heavy (non-hydrogen) atoms. The van der Waals surface area contributed by atoms with Crippen molar-refractivity contribution in [3.63, 3.8) is 0 Å². The van der Waals surface area contributed by atoms with Crippen molar-refractivity contribution in [1.82, 2.24) is 14.8 Å². The molecule has 0 bridgehead atoms. The number of anilines is 2. The van der Waals surface area contributed by atoms with Crippen LogP contribution in [-0.2, 0) is 6.54 Å². The molecule has 3 rings (SSSR count). The molecule has 1 aromatic carbocycles. The lowest BCUT2D eigenvalue weighted by atomic mass is 10.2. The molecule has 0 aliphatic carbocycles. The van der Waals surface area contributed by atoms with Crippen molar-refractivity contribution < 1.29 is 0 Å². The number of hydrogen-bond donors (Lipinski definition) is 0. The zero-order chi connectivity index (χ0) is 13.2. The second-order valence-electron chi connectivity index (χ2n) is 4.77. The average molecular weight is 274 g/mol. The fourth-order valence-electron chi connectivity index (χ4n) is 2.25. The molecule has 1 aromatic heterocycles. The van der Waals surface area contributed by atoms with Crippen LogP contribution in [0.1, 0.15) is 18.9 Å². The fourth-order valence-corrected chi connectivity index (χ4v) is 3.06. The van der Waals surface area contributed by atoms with Crippen LogP contribution in [0.3, 0.4) is 0 Å². The van der Waals surface area contributed by atoms with Gasteiger partial charge in [0, 0.05) is 24.5 Å². The van der Waals surface area contributed by atoms with Gasteiger partial charge in [-0.2, -0.15) is 0 Å². The van der Waals surface area contributed by atoms with Gasteiger partial charge in [0.15, 0.2) is 5.16 Å². The summed E-state index contributed by atoms with van der Waals surface area (Å²) in [6.45, 7) is 6.25. The third-order valence-corrected chi connectivity index (χ3v) is 4.44. The summed E-state index contributed by atoms with van der Waals surface area (Å²) in [5.74, 6) is 2.07. The molecule has 5 heteroatoms. The van der Waals surface area contributed by atoms with E-state index >= 15 is 0 Å². The molecule has 100 valence electrons. The lowest BCUT2D eigenvalue weighted by Gasteiger charge is -2.15. The van der Waals surface area contributed by atoms with E-state index in [1.807, 2.05) is 0 Å². The van der Waals surface area contributed by atoms with Gasteiger partial charge in [-0.25, -0.2) is 0 Å². The molecule has 0 fully saturated rings. The minimum absolute atomic E-state index is 0.974. The molecule has 2 aromatic rings. The average Bonchev–Trinajstić information content (AvgIpc) is 2.99. The van der Waals surface area contributed by atoms with Crippen molar-refractivity contribution in [1.29, 1.82) is 0 Å². The van der Waals surface area contributed by atoms with Crippen LogP contribution in [0.5, 0.6) is 0 Å². The first kappa shape index (κ1) is 12.5. The Balaban J connectivity index is 1.86. The molecule has 0 unspecified atom stereocenters. The van der Waals surface area contributed by atoms with Gasteiger partial charge in [-0.3, -0.25) is 4.57 Å². The van der Waals surface area contributed by atoms with E-state index in [2.05, 4.69) is 57.8 Å². The molecular formula is C14H18N4S. The molecule has 0 N–H and O–H groups in total. The predicted molar refractivity (Wildman–Crippen MR) is 79.2 cm³/mol. The first-order valence-corrected chi connectivity index (χ1v) is 7.68. The third-order valence-electron chi connectivity index (χ3n) is 3.27. The molecule has 1 aliphatic heterocycles. The molecule has 0 spiro atoms. The van der Waals surface area contributed by atoms with E-state index in [0.717, 1.165) is 36.4 Å². The van der Waals surface area contributed by atoms with Crippen molar-refractivity contribution in [3.8, 4) is 0 Å². The fraction of sp³-hybridized carbons (Fsp3) is 0.429. The van der Waals surface area contributed by atoms with Gasteiger partial charge in [0.2, 0.25) is 5.95 Å². The Morgan fingerprint density at radius 2 is 1.95 bits per heavy atom. The van der Waals surface area contributed by atoms with Gasteiger partial charge in [0.05, 0.1) is 0 Å². The monoisotopic (exact) mass is 274 g/mol. The van der Waals surface area contributed by atoms with Gasteiger partial charge >= 0.3 is 0 Å². The molecule has 0 atom stereocenters. The highest BCUT2D eigenvalue weighted by molar-refractivity contribution is 7.99. The van der Waals surface area contributed by atoms with Gasteiger partial charge in [0.25, 0.3) is 0 Å². The van der Waals surface area contributed by atoms with Crippen LogP contribution in [0.15, 0.2) is 29.4 Å². The van der Waals surface area contributed by atoms with E-state index in [4.69, 9.17) is 0 Å². The quantitative estimate of drug-likeness (QED) is 0.802. The van der Waals surface area contributed by atoms with Crippen molar-refractivity contribution in [2.24, 2.45) is 0 Å². The standard InChI is InChI=1S/C14H18N4S/c1-3-10-19-14-16-15-13-17(8-9-18(13)14)12-6-4-11(2)5-7-12/h4-7H,3,8-10H2,1-2H3. The summed E-state index contributed by atoms with van der Waals surface area (Å²) < 4.78 is 2.22. The lowest BCUT2D eigenvalue weighted by molar-refractivity contribution is 0.703. The Hall–Kier alpha value is -1.49. The van der Waals surface area contributed by atoms with Gasteiger partial charge in [0.1, 0.15) is 0 Å². The van der Waals surface area contributed by atoms with E-state index in [0.29, 0.717) is 0 Å². The van der Waals surface area contributed by atoms with Crippen LogP contribution >= 0.6 is 11.8 Å². The molecule has 0 saturated heterocycles. The van der Waals surface area contributed by atoms with Crippen LogP contribution < -0.4 is 4.90 Å². The number of rotatable bonds is 4. The van der Waals surface area contributed by atoms with E-state index in [1.165, 1.54) is 11.3 Å². The van der Waals surface area contributed by atoms with Gasteiger partial charge in [-0.15, -0.1) is 10.2 Å². The maximum absolute atomic E-state index is 4.35. The number of hydrogen-bond acceptors (Lipinski definition) is 4. The van der Waals surface area contributed by atoms with Crippen LogP contribution in [-0.4, -0.2) is 27.1 Å². The molecule has 0 radical (unpaired) electrons. The number of aromatic nitrogens is 3. The highest BCUT2D eigenvalue weighted by atomic mass is 32.2. The smallest absolute Gasteiger partial charge is 0.232 e. The summed E-state index contributed by atoms with van der Waals surface area (Å²) in [5, 5.41) is 9.70. The maximum Gasteiger partial charge on any atom is 0.232 e. The van der Waals surface area contributed by atoms with Crippen molar-refractivity contribution in [2.75, 3.05) is 17.2 Å². The molecule has 1 aliphatic rings. The molecule has 2 heterocycles. The van der Waals surface area contributed by atoms with E-state index in [-0.39, 0.29) is 0 Å². The molecular weight excluding hydrogens is 256 g/mol. The topological polar surface area (TPSA) is 34.0 Å². The summed E-state index contributed by atoms with van der Waals surface area (Å²) in [7, 11) is 0. The largest absolute Gasteiger partial charge is 0.309 e. The van der Waals surface area contributed by atoms with Gasteiger partial charge in [-0.05, 0) is 25.5 Å². The molecule has 4 nitrogen and oxygen atoms in total. The minimum Gasteiger partial charge on any atom is -0.309 e. The van der Waals surface area contributed by atoms with Crippen LogP contribution in [0.4, 0.5) is 11.6 Å². The summed E-state index contributed by atoms with van der Waals surface area (Å²) >= 11 is 1.79. The third kappa shape index (κ3) is 2.34. The predicted octanol–water partition coefficient (Wildman–Crippen LogP) is 3.24. The number of nitrogens with zero attached hydrogens (tertiary/aromatic N) is 4. The first-order chi connectivity index (χ1) is 9.29. The van der Waals surface area contributed by atoms with Crippen molar-refractivity contribution in [3.05, 3.63) is 29.8 Å². The first-order valence-electron chi connectivity index (χ1n) is 6.70. The van der Waals surface area contributed by atoms with Crippen LogP contribution in [0.2, 0.25) is 0 Å². The SMILES string of the molecule is CCCSc1nnc2n1CCN2c1ccc(C)cc1. The molecule has 0 amide bonds. The lowest BCUT2D eigenvalue weighted by Crippen LogP contribution is -2.14. The highest BCUT2D eigenvalue weighted by Gasteiger charge is 2.25. The van der Waals surface area contributed by atoms with Gasteiger partial charge < -0.3 is 4.90 Å². The minimum atomic E-state index is 0.974. The summed E-state index contributed by atoms with van der Waals surface area (Å²) in [6, 6.07) is 8.58. The Labute approximate surface area is 117 Å². The summed E-state index contributed by atoms with van der Waals surface area (Å²) in [4.78, 5) is 2.24. The zero-order valence-electron chi connectivity index (χ0n) is 11.3. The number of thioether (sulfide) groups is 1. The van der Waals surface area contributed by atoms with Crippen molar-refractivity contribution >= 4 is 23.4 Å². The highest BCUT2D eigenvalue weighted by Crippen LogP contribution is 2.32. The maximum atomic E-state index is 4.35. The summed E-state index contributed by atoms with van der Waals surface area (Å²) in [6.07, 6.45) is 1.16. The molecule has 0 saturated carbocycles. The zero-order valence-corrected chi connectivity index (χ0v) is 12.2. The number of fused-ring (bicyclic) bond motifs is 1. The van der Waals surface area contributed by atoms with Crippen LogP contribution in [0.25, 0.3) is 0 Å². The Morgan fingerprint density at radius 3 is 2.68 bits per heavy atom. The number of benzene rings is 1. The second-order valence-corrected chi connectivity index (χ2v) is 5.83. The summed E-state index contributed by atoms with van der Waals surface area (Å²) in [5.41, 5.74) is 2.48. The normalized spacial score (nSPS) is 13.9. The van der Waals surface area contributed by atoms with E-state index in [1.54, 1.807) is 11.8 Å². The van der Waals surface area contributed by atoms with E-state index in [9.17, 15) is 0 Å². The van der Waals surface area contributed by atoms with Gasteiger partial charge in [-0.1, -0.05) is 36.4 Å². The van der Waals surface area contributed by atoms with Crippen LogP contribution in [0, 0.1) is 6.92 Å². The Kier molecular flexibility index (Phi) is 3.46.